The van der Waals surface area contributed by atoms with Crippen molar-refractivity contribution in [1.29, 1.82) is 0 Å². The van der Waals surface area contributed by atoms with Crippen LogP contribution in [0.2, 0.25) is 36.3 Å². The van der Waals surface area contributed by atoms with Gasteiger partial charge in [-0.2, -0.15) is 0 Å². The number of alkyl halides is 6. The Kier molecular flexibility index (Phi) is 31.2. The first kappa shape index (κ1) is 81.3. The van der Waals surface area contributed by atoms with Gasteiger partial charge in [0, 0.05) is 113 Å². The molecule has 2 N–H and O–H groups in total. The van der Waals surface area contributed by atoms with Crippen LogP contribution in [0.1, 0.15) is 121 Å². The van der Waals surface area contributed by atoms with E-state index in [9.17, 15) is 45.8 Å². The molecule has 6 aromatic rings. The molecule has 0 aliphatic carbocycles. The number of hydrogen-bond donors (Lipinski definition) is 2. The summed E-state index contributed by atoms with van der Waals surface area (Å²) in [5.74, 6) is -8.85. The number of aliphatic hydroxyl groups excluding tert-OH is 1. The molecule has 0 saturated carbocycles. The number of carbonyl (C=O) groups is 3. The summed E-state index contributed by atoms with van der Waals surface area (Å²) in [4.78, 5) is 41.8. The lowest BCUT2D eigenvalue weighted by Gasteiger charge is -2.38. The topological polar surface area (TPSA) is 136 Å². The molecule has 532 valence electrons. The Bertz CT molecular complexity index is 3280. The van der Waals surface area contributed by atoms with Crippen LogP contribution in [-0.4, -0.2) is 115 Å². The van der Waals surface area contributed by atoms with Crippen molar-refractivity contribution in [3.63, 3.8) is 0 Å². The summed E-state index contributed by atoms with van der Waals surface area (Å²) >= 11 is 3.45. The number of nitrogens with one attached hydrogen (secondary N) is 1. The minimum atomic E-state index is -2.57. The Morgan fingerprint density at radius 1 is 0.454 bits per heavy atom. The van der Waals surface area contributed by atoms with E-state index in [0.717, 1.165) is 49.2 Å². The number of esters is 3. The summed E-state index contributed by atoms with van der Waals surface area (Å²) in [6.07, 6.45) is -2.00. The van der Waals surface area contributed by atoms with E-state index in [1.54, 1.807) is 12.1 Å². The van der Waals surface area contributed by atoms with Gasteiger partial charge in [0.15, 0.2) is 22.7 Å². The lowest BCUT2D eigenvalue weighted by atomic mass is 10.0. The molecule has 6 aromatic carbocycles. The molecule has 3 aliphatic heterocycles. The van der Waals surface area contributed by atoms with Crippen molar-refractivity contribution in [1.82, 2.24) is 5.32 Å². The van der Waals surface area contributed by atoms with Crippen LogP contribution < -0.4 is 15.1 Å². The molecular formula is C76H102BrF6N3O9Si2. The van der Waals surface area contributed by atoms with Crippen LogP contribution in [0.4, 0.5) is 37.7 Å². The van der Waals surface area contributed by atoms with Gasteiger partial charge >= 0.3 is 17.9 Å². The zero-order valence-electron chi connectivity index (χ0n) is 57.3. The Hall–Kier alpha value is -6.34. The summed E-state index contributed by atoms with van der Waals surface area (Å²) in [6, 6.07) is 51.6. The normalized spacial score (nSPS) is 16.9. The van der Waals surface area contributed by atoms with E-state index in [4.69, 9.17) is 23.1 Å². The summed E-state index contributed by atoms with van der Waals surface area (Å²) in [6.45, 7) is 24.3. The van der Waals surface area contributed by atoms with Crippen molar-refractivity contribution in [3.8, 4) is 0 Å². The second-order valence-corrected chi connectivity index (χ2v) is 38.3. The average molecular weight is 1450 g/mol. The number of carbonyl (C=O) groups excluding carboxylic acids is 3. The summed E-state index contributed by atoms with van der Waals surface area (Å²) in [7, 11) is -4.34. The highest BCUT2D eigenvalue weighted by molar-refractivity contribution is 9.10. The standard InChI is InChI=1S/C27H37F2NO3Si.C22H29BrO3Si.C21H23F2NO3.C5H9F2N.CH4/c1-26(2,3)34(4,5)33-24(25(31)32-20-22-9-7-6-8-10-22)19-21-11-13-23(14-12-21)30-17-15-27(28,29)16-18-30;1-22(2,3)27(4,5)26-20(15-17-11-13-19(23)14-12-17)21(24)25-16-18-9-7-6-8-10-18;22-21(23)10-12-24(13-11-21)18-8-6-16(7-9-18)14-19(25)20(26)27-15-17-4-2-1-3-5-17;6-5(7)1-3-8-4-2-5;/h6-14,24H,15-20H2,1-5H3;6-14,20H,15-16H2,1-5H3;1-9,19,25H,10-15H2;8H,1-4H2;1H4/t24-;20-;19-;;/m111../s1. The van der Waals surface area contributed by atoms with E-state index in [1.807, 2.05) is 161 Å². The molecule has 0 amide bonds. The first-order valence-corrected chi connectivity index (χ1v) is 39.6. The first-order chi connectivity index (χ1) is 45.1. The van der Waals surface area contributed by atoms with E-state index in [-0.39, 0.29) is 94.2 Å². The second kappa shape index (κ2) is 37.2. The van der Waals surface area contributed by atoms with E-state index >= 15 is 0 Å². The van der Waals surface area contributed by atoms with Crippen LogP contribution in [0.3, 0.4) is 0 Å². The number of nitrogens with zero attached hydrogens (tertiary/aromatic N) is 2. The molecule has 12 nitrogen and oxygen atoms in total. The predicted octanol–water partition coefficient (Wildman–Crippen LogP) is 17.9. The minimum absolute atomic E-state index is 0. The predicted molar refractivity (Wildman–Crippen MR) is 384 cm³/mol. The third kappa shape index (κ3) is 28.1. The number of benzene rings is 6. The Morgan fingerprint density at radius 3 is 1.04 bits per heavy atom. The molecule has 0 spiro atoms. The zero-order chi connectivity index (χ0) is 70.4. The van der Waals surface area contributed by atoms with Crippen molar-refractivity contribution in [2.24, 2.45) is 0 Å². The summed E-state index contributed by atoms with van der Waals surface area (Å²) in [5, 5.41) is 12.9. The van der Waals surface area contributed by atoms with Gasteiger partial charge in [0.1, 0.15) is 32.0 Å². The fourth-order valence-corrected chi connectivity index (χ4v) is 12.6. The summed E-state index contributed by atoms with van der Waals surface area (Å²) in [5.41, 5.74) is 7.34. The number of aliphatic hydroxyl groups is 1. The molecule has 3 aliphatic rings. The van der Waals surface area contributed by atoms with Gasteiger partial charge in [0.25, 0.3) is 17.8 Å². The Morgan fingerprint density at radius 2 is 0.742 bits per heavy atom. The summed E-state index contributed by atoms with van der Waals surface area (Å²) < 4.78 is 108. The van der Waals surface area contributed by atoms with Crippen LogP contribution >= 0.6 is 15.9 Å². The molecule has 3 atom stereocenters. The first-order valence-electron chi connectivity index (χ1n) is 33.0. The number of piperidine rings is 3. The van der Waals surface area contributed by atoms with E-state index in [1.165, 1.54) is 0 Å². The lowest BCUT2D eigenvalue weighted by molar-refractivity contribution is -0.155. The lowest BCUT2D eigenvalue weighted by Crippen LogP contribution is -2.47. The second-order valence-electron chi connectivity index (χ2n) is 27.9. The van der Waals surface area contributed by atoms with Crippen molar-refractivity contribution in [2.75, 3.05) is 49.1 Å². The SMILES string of the molecule is C.CC(C)(C)[Si](C)(C)O[C@H](Cc1ccc(Br)cc1)C(=O)OCc1ccccc1.CC(C)(C)[Si](C)(C)O[C@H](Cc1ccc(N2CCC(F)(F)CC2)cc1)C(=O)OCc1ccccc1.FC1(F)CCNCC1.O=C(OCc1ccccc1)[C@H](O)Cc1ccc(N2CCC(F)(F)CC2)cc1. The molecule has 0 unspecified atom stereocenters. The van der Waals surface area contributed by atoms with Crippen molar-refractivity contribution in [2.45, 2.75) is 199 Å². The van der Waals surface area contributed by atoms with Gasteiger partial charge in [-0.1, -0.05) is 192 Å². The smallest absolute Gasteiger partial charge is 0.335 e. The average Bonchev–Trinajstić information content (AvgIpc) is 0.893. The molecule has 9 rings (SSSR count). The third-order valence-corrected chi connectivity index (χ3v) is 27.6. The third-order valence-electron chi connectivity index (χ3n) is 18.1. The largest absolute Gasteiger partial charge is 0.459 e. The van der Waals surface area contributed by atoms with Gasteiger partial charge < -0.3 is 43.3 Å². The van der Waals surface area contributed by atoms with E-state index in [2.05, 4.69) is 89.0 Å². The number of rotatable bonds is 21. The minimum Gasteiger partial charge on any atom is -0.459 e. The quantitative estimate of drug-likeness (QED) is 0.0307. The van der Waals surface area contributed by atoms with E-state index in [0.29, 0.717) is 52.1 Å². The maximum atomic E-state index is 13.5. The highest BCUT2D eigenvalue weighted by atomic mass is 79.9. The van der Waals surface area contributed by atoms with Crippen molar-refractivity contribution >= 4 is 61.8 Å². The number of anilines is 2. The number of halogens is 7. The maximum absolute atomic E-state index is 13.5. The van der Waals surface area contributed by atoms with Crippen LogP contribution in [0.15, 0.2) is 168 Å². The zero-order valence-corrected chi connectivity index (χ0v) is 60.9. The Labute approximate surface area is 582 Å². The fraction of sp³-hybridized carbons (Fsp3) is 0.487. The van der Waals surface area contributed by atoms with Crippen LogP contribution in [0, 0.1) is 0 Å². The van der Waals surface area contributed by atoms with Gasteiger partial charge in [-0.25, -0.2) is 40.7 Å². The van der Waals surface area contributed by atoms with E-state index < -0.39 is 58.7 Å². The molecule has 21 heteroatoms. The molecular weight excluding hydrogens is 1350 g/mol. The highest BCUT2D eigenvalue weighted by Gasteiger charge is 2.43. The molecule has 3 heterocycles. The van der Waals surface area contributed by atoms with Crippen LogP contribution in [0.5, 0.6) is 0 Å². The van der Waals surface area contributed by atoms with Crippen molar-refractivity contribution < 1.29 is 68.9 Å². The van der Waals surface area contributed by atoms with Gasteiger partial charge in [0.2, 0.25) is 0 Å². The monoisotopic (exact) mass is 1450 g/mol. The van der Waals surface area contributed by atoms with Gasteiger partial charge in [-0.05, 0) is 106 Å². The molecule has 0 bridgehead atoms. The molecule has 0 aromatic heterocycles. The molecule has 0 radical (unpaired) electrons. The van der Waals surface area contributed by atoms with Crippen LogP contribution in [-0.2, 0) is 76.5 Å². The molecule has 3 saturated heterocycles. The molecule has 3 fully saturated rings. The number of hydrogen-bond acceptors (Lipinski definition) is 12. The van der Waals surface area contributed by atoms with Gasteiger partial charge in [-0.3, -0.25) is 0 Å². The highest BCUT2D eigenvalue weighted by Crippen LogP contribution is 2.40. The maximum Gasteiger partial charge on any atom is 0.335 e. The number of ether oxygens (including phenoxy) is 3. The Balaban J connectivity index is 0.000000248. The fourth-order valence-electron chi connectivity index (χ4n) is 9.90. The van der Waals surface area contributed by atoms with Crippen LogP contribution in [0.25, 0.3) is 0 Å². The molecule has 97 heavy (non-hydrogen) atoms. The van der Waals surface area contributed by atoms with Gasteiger partial charge in [-0.15, -0.1) is 0 Å². The van der Waals surface area contributed by atoms with Crippen molar-refractivity contribution in [3.05, 3.63) is 202 Å². The van der Waals surface area contributed by atoms with Gasteiger partial charge in [0.05, 0.1) is 0 Å².